The molecular weight excluding hydrogens is 530 g/mol. The first kappa shape index (κ1) is 25.6. The number of aliphatic hydroxyl groups is 1. The lowest BCUT2D eigenvalue weighted by molar-refractivity contribution is 0.102. The summed E-state index contributed by atoms with van der Waals surface area (Å²) in [6, 6.07) is 6.76. The number of piperidine rings is 1. The Morgan fingerprint density at radius 2 is 1.70 bits per heavy atom. The van der Waals surface area contributed by atoms with Gasteiger partial charge in [0, 0.05) is 44.6 Å². The molecule has 0 atom stereocenters. The molecule has 4 heterocycles. The van der Waals surface area contributed by atoms with Crippen LogP contribution in [-0.2, 0) is 10.0 Å². The molecule has 2 spiro atoms. The number of sulfonamides is 1. The molecule has 7 rings (SSSR count). The van der Waals surface area contributed by atoms with E-state index in [1.807, 2.05) is 10.6 Å². The quantitative estimate of drug-likeness (QED) is 0.380. The molecule has 2 saturated heterocycles. The average Bonchev–Trinajstić information content (AvgIpc) is 3.74. The van der Waals surface area contributed by atoms with Crippen LogP contribution in [0.2, 0.25) is 0 Å². The van der Waals surface area contributed by atoms with E-state index >= 15 is 0 Å². The van der Waals surface area contributed by atoms with E-state index in [4.69, 9.17) is 10.1 Å². The van der Waals surface area contributed by atoms with Crippen molar-refractivity contribution in [2.45, 2.75) is 44.9 Å². The van der Waals surface area contributed by atoms with Gasteiger partial charge >= 0.3 is 0 Å². The molecule has 2 aromatic heterocycles. The molecule has 0 unspecified atom stereocenters. The molecule has 0 bridgehead atoms. The molecule has 2 aliphatic carbocycles. The number of nitrogens with zero attached hydrogens (tertiary/aromatic N) is 5. The van der Waals surface area contributed by atoms with Crippen LogP contribution < -0.4 is 19.8 Å². The highest BCUT2D eigenvalue weighted by atomic mass is 32.2. The van der Waals surface area contributed by atoms with Gasteiger partial charge in [0.25, 0.3) is 5.91 Å². The maximum Gasteiger partial charge on any atom is 0.258 e. The van der Waals surface area contributed by atoms with Crippen LogP contribution in [0.3, 0.4) is 0 Å². The first-order valence-electron chi connectivity index (χ1n) is 14.2. The lowest BCUT2D eigenvalue weighted by Gasteiger charge is -2.35. The zero-order valence-electron chi connectivity index (χ0n) is 22.5. The molecular formula is C28H35N7O4S. The minimum Gasteiger partial charge on any atom is -0.395 e. The normalized spacial score (nSPS) is 20.8. The van der Waals surface area contributed by atoms with E-state index in [9.17, 15) is 13.2 Å². The van der Waals surface area contributed by atoms with Crippen LogP contribution in [0.5, 0.6) is 0 Å². The Kier molecular flexibility index (Phi) is 5.97. The van der Waals surface area contributed by atoms with Crippen molar-refractivity contribution in [3.8, 4) is 0 Å². The molecule has 0 radical (unpaired) electrons. The fourth-order valence-corrected chi connectivity index (χ4v) is 7.20. The van der Waals surface area contributed by atoms with Crippen molar-refractivity contribution in [2.24, 2.45) is 10.8 Å². The number of imidazole rings is 1. The number of amides is 1. The van der Waals surface area contributed by atoms with Gasteiger partial charge in [0.05, 0.1) is 29.3 Å². The van der Waals surface area contributed by atoms with Crippen LogP contribution >= 0.6 is 0 Å². The van der Waals surface area contributed by atoms with E-state index in [0.717, 1.165) is 57.0 Å². The maximum absolute atomic E-state index is 13.7. The topological polar surface area (TPSA) is 132 Å². The lowest BCUT2D eigenvalue weighted by atomic mass is 9.93. The number of fused-ring (bicyclic) bond motifs is 1. The molecule has 1 amide bonds. The second-order valence-electron chi connectivity index (χ2n) is 12.1. The number of rotatable bonds is 8. The Hall–Kier alpha value is -3.38. The Morgan fingerprint density at radius 1 is 0.975 bits per heavy atom. The lowest BCUT2D eigenvalue weighted by Crippen LogP contribution is -2.36. The van der Waals surface area contributed by atoms with Crippen molar-refractivity contribution in [2.75, 3.05) is 58.4 Å². The second kappa shape index (κ2) is 9.34. The number of anilines is 4. The van der Waals surface area contributed by atoms with Gasteiger partial charge < -0.3 is 20.2 Å². The molecule has 4 aliphatic rings. The van der Waals surface area contributed by atoms with Crippen LogP contribution in [0, 0.1) is 10.8 Å². The monoisotopic (exact) mass is 565 g/mol. The largest absolute Gasteiger partial charge is 0.395 e. The van der Waals surface area contributed by atoms with Gasteiger partial charge in [-0.05, 0) is 74.0 Å². The molecule has 40 heavy (non-hydrogen) atoms. The summed E-state index contributed by atoms with van der Waals surface area (Å²) < 4.78 is 29.2. The van der Waals surface area contributed by atoms with Gasteiger partial charge in [0.15, 0.2) is 0 Å². The highest BCUT2D eigenvalue weighted by Crippen LogP contribution is 2.54. The maximum atomic E-state index is 13.7. The summed E-state index contributed by atoms with van der Waals surface area (Å²) >= 11 is 0. The molecule has 3 aromatic rings. The highest BCUT2D eigenvalue weighted by molar-refractivity contribution is 7.92. The van der Waals surface area contributed by atoms with Crippen molar-refractivity contribution in [1.29, 1.82) is 0 Å². The number of nitrogens with one attached hydrogen (secondary N) is 2. The van der Waals surface area contributed by atoms with E-state index in [2.05, 4.69) is 24.8 Å². The smallest absolute Gasteiger partial charge is 0.258 e. The third-order valence-corrected chi connectivity index (χ3v) is 10.6. The Bertz CT molecular complexity index is 1570. The number of carbonyl (C=O) groups excluding carboxylic acids is 1. The van der Waals surface area contributed by atoms with Crippen LogP contribution in [0.1, 0.15) is 55.3 Å². The zero-order valence-corrected chi connectivity index (χ0v) is 23.3. The minimum absolute atomic E-state index is 0.305. The fraction of sp³-hybridized carbons (Fsp3) is 0.536. The standard InChI is InChI=1S/C28H35N7O4S/c36-15-16-40(38,39)32-20-1-2-21(22(17-20)33-11-7-27(3-4-27)8-12-33)25(37)30-23-18-24-29-10-14-35(24)26(31-23)34-13-9-28(19-34)5-6-28/h1-2,10,14,17-18,32,36H,3-9,11-13,15-16,19H2,(H,30,37). The molecule has 12 heteroatoms. The van der Waals surface area contributed by atoms with E-state index in [-0.39, 0.29) is 11.7 Å². The van der Waals surface area contributed by atoms with Crippen molar-refractivity contribution in [1.82, 2.24) is 14.4 Å². The van der Waals surface area contributed by atoms with E-state index < -0.39 is 16.6 Å². The third kappa shape index (κ3) is 4.87. The summed E-state index contributed by atoms with van der Waals surface area (Å²) in [6.45, 7) is 3.06. The molecule has 2 aliphatic heterocycles. The molecule has 11 nitrogen and oxygen atoms in total. The number of hydrogen-bond acceptors (Lipinski definition) is 8. The van der Waals surface area contributed by atoms with E-state index in [0.29, 0.717) is 33.6 Å². The number of hydrogen-bond donors (Lipinski definition) is 3. The summed E-state index contributed by atoms with van der Waals surface area (Å²) in [7, 11) is -3.70. The van der Waals surface area contributed by atoms with Crippen LogP contribution in [0.4, 0.5) is 23.1 Å². The van der Waals surface area contributed by atoms with Gasteiger partial charge in [0.2, 0.25) is 16.0 Å². The highest BCUT2D eigenvalue weighted by Gasteiger charge is 2.48. The number of carbonyl (C=O) groups is 1. The number of benzene rings is 1. The molecule has 3 N–H and O–H groups in total. The SMILES string of the molecule is O=C(Nc1cc2nccn2c(N2CCC3(CC3)C2)n1)c1ccc(NS(=O)(=O)CCO)cc1N1CCC2(CC1)CC2. The van der Waals surface area contributed by atoms with Crippen molar-refractivity contribution in [3.63, 3.8) is 0 Å². The van der Waals surface area contributed by atoms with E-state index in [1.54, 1.807) is 30.5 Å². The van der Waals surface area contributed by atoms with Crippen LogP contribution in [0.25, 0.3) is 5.65 Å². The zero-order chi connectivity index (χ0) is 27.5. The second-order valence-corrected chi connectivity index (χ2v) is 13.9. The van der Waals surface area contributed by atoms with Crippen molar-refractivity contribution < 1.29 is 18.3 Å². The van der Waals surface area contributed by atoms with Gasteiger partial charge in [0.1, 0.15) is 11.5 Å². The third-order valence-electron chi connectivity index (χ3n) is 9.29. The van der Waals surface area contributed by atoms with Gasteiger partial charge in [-0.15, -0.1) is 0 Å². The van der Waals surface area contributed by atoms with Crippen LogP contribution in [0.15, 0.2) is 36.7 Å². The minimum atomic E-state index is -3.70. The Labute approximate surface area is 233 Å². The van der Waals surface area contributed by atoms with Gasteiger partial charge in [-0.1, -0.05) is 0 Å². The Morgan fingerprint density at radius 3 is 2.40 bits per heavy atom. The average molecular weight is 566 g/mol. The summed E-state index contributed by atoms with van der Waals surface area (Å²) in [5.74, 6) is 0.526. The summed E-state index contributed by atoms with van der Waals surface area (Å²) in [5.41, 5.74) is 3.12. The summed E-state index contributed by atoms with van der Waals surface area (Å²) in [6.07, 6.45) is 12.0. The molecule has 212 valence electrons. The van der Waals surface area contributed by atoms with Gasteiger partial charge in [-0.25, -0.2) is 13.4 Å². The molecule has 1 aromatic carbocycles. The molecule has 4 fully saturated rings. The predicted octanol–water partition coefficient (Wildman–Crippen LogP) is 3.09. The predicted molar refractivity (Wildman–Crippen MR) is 153 cm³/mol. The van der Waals surface area contributed by atoms with Crippen molar-refractivity contribution in [3.05, 3.63) is 42.2 Å². The van der Waals surface area contributed by atoms with Crippen LogP contribution in [-0.4, -0.2) is 72.3 Å². The Balaban J connectivity index is 1.18. The number of aromatic nitrogens is 3. The first-order chi connectivity index (χ1) is 19.3. The summed E-state index contributed by atoms with van der Waals surface area (Å²) in [4.78, 5) is 27.5. The van der Waals surface area contributed by atoms with Crippen molar-refractivity contribution >= 4 is 44.7 Å². The van der Waals surface area contributed by atoms with E-state index in [1.165, 1.54) is 25.7 Å². The summed E-state index contributed by atoms with van der Waals surface area (Å²) in [5, 5.41) is 12.1. The van der Waals surface area contributed by atoms with Gasteiger partial charge in [-0.3, -0.25) is 13.9 Å². The number of aliphatic hydroxyl groups excluding tert-OH is 1. The first-order valence-corrected chi connectivity index (χ1v) is 15.8. The molecule has 2 saturated carbocycles. The van der Waals surface area contributed by atoms with Gasteiger partial charge in [-0.2, -0.15) is 4.98 Å². The fourth-order valence-electron chi connectivity index (χ4n) is 6.37.